The molecule has 7 nitrogen and oxygen atoms in total. The molecule has 4 aromatic rings. The van der Waals surface area contributed by atoms with Crippen molar-refractivity contribution in [3.8, 4) is 11.5 Å². The quantitative estimate of drug-likeness (QED) is 0.383. The van der Waals surface area contributed by atoms with Gasteiger partial charge in [-0.05, 0) is 47.7 Å². The van der Waals surface area contributed by atoms with Gasteiger partial charge in [0.15, 0.2) is 0 Å². The van der Waals surface area contributed by atoms with Crippen molar-refractivity contribution in [2.45, 2.75) is 44.9 Å². The van der Waals surface area contributed by atoms with Crippen molar-refractivity contribution in [1.29, 1.82) is 0 Å². The Hall–Kier alpha value is -3.71. The fourth-order valence-corrected chi connectivity index (χ4v) is 4.67. The lowest BCUT2D eigenvalue weighted by atomic mass is 10.0. The van der Waals surface area contributed by atoms with Crippen LogP contribution in [0.3, 0.4) is 0 Å². The largest absolute Gasteiger partial charge is 0.497 e. The van der Waals surface area contributed by atoms with Gasteiger partial charge in [0.1, 0.15) is 23.1 Å². The zero-order valence-corrected chi connectivity index (χ0v) is 20.0. The van der Waals surface area contributed by atoms with Crippen LogP contribution in [0.1, 0.15) is 52.4 Å². The van der Waals surface area contributed by atoms with Gasteiger partial charge in [0.2, 0.25) is 0 Å². The van der Waals surface area contributed by atoms with Crippen LogP contribution >= 0.6 is 0 Å². The first-order chi connectivity index (χ1) is 17.2. The molecule has 35 heavy (non-hydrogen) atoms. The van der Waals surface area contributed by atoms with Gasteiger partial charge in [-0.25, -0.2) is 15.0 Å². The summed E-state index contributed by atoms with van der Waals surface area (Å²) in [4.78, 5) is 14.1. The number of hydrogen-bond acceptors (Lipinski definition) is 7. The molecule has 7 heteroatoms. The van der Waals surface area contributed by atoms with Crippen LogP contribution in [-0.2, 0) is 30.9 Å². The lowest BCUT2D eigenvalue weighted by Crippen LogP contribution is -2.07. The summed E-state index contributed by atoms with van der Waals surface area (Å²) in [6, 6.07) is 12.4. The molecule has 3 heterocycles. The monoisotopic (exact) mass is 468 g/mol. The summed E-state index contributed by atoms with van der Waals surface area (Å²) >= 11 is 0. The van der Waals surface area contributed by atoms with E-state index in [1.807, 2.05) is 30.6 Å². The van der Waals surface area contributed by atoms with E-state index in [2.05, 4.69) is 33.5 Å². The average Bonchev–Trinajstić information content (AvgIpc) is 3.63. The van der Waals surface area contributed by atoms with E-state index < -0.39 is 0 Å². The first-order valence-corrected chi connectivity index (χ1v) is 12.0. The van der Waals surface area contributed by atoms with E-state index in [0.717, 1.165) is 57.2 Å². The zero-order valence-electron chi connectivity index (χ0n) is 20.0. The van der Waals surface area contributed by atoms with Crippen molar-refractivity contribution in [2.75, 3.05) is 19.5 Å². The lowest BCUT2D eigenvalue weighted by molar-refractivity contribution is 0.135. The van der Waals surface area contributed by atoms with E-state index in [1.54, 1.807) is 14.2 Å². The molecule has 1 aliphatic carbocycles. The highest BCUT2D eigenvalue weighted by Crippen LogP contribution is 2.38. The standard InChI is InChI=1S/C28H28N4O3/c1-33-21-7-6-20(26(11-21)34-2)14-31-28-24-16-35-15-23(24)22-8-3-17(10-25(22)32-28)9-18-12-29-27(30-13-18)19-4-5-19/h3,6-8,10-13,19H,4-5,9,14-16H2,1-2H3,(H,31,32). The molecule has 6 rings (SSSR count). The van der Waals surface area contributed by atoms with E-state index in [-0.39, 0.29) is 0 Å². The van der Waals surface area contributed by atoms with Crippen molar-refractivity contribution < 1.29 is 14.2 Å². The minimum Gasteiger partial charge on any atom is -0.497 e. The summed E-state index contributed by atoms with van der Waals surface area (Å²) in [5.74, 6) is 3.96. The van der Waals surface area contributed by atoms with Crippen molar-refractivity contribution in [3.05, 3.63) is 82.4 Å². The van der Waals surface area contributed by atoms with Gasteiger partial charge in [0.05, 0.1) is 33.0 Å². The Bertz CT molecular complexity index is 1380. The molecule has 2 aliphatic rings. The van der Waals surface area contributed by atoms with Gasteiger partial charge in [-0.3, -0.25) is 0 Å². The molecule has 0 radical (unpaired) electrons. The van der Waals surface area contributed by atoms with Gasteiger partial charge in [0.25, 0.3) is 0 Å². The molecule has 0 atom stereocenters. The minimum absolute atomic E-state index is 0.562. The van der Waals surface area contributed by atoms with Gasteiger partial charge < -0.3 is 19.5 Å². The van der Waals surface area contributed by atoms with Gasteiger partial charge in [-0.15, -0.1) is 0 Å². The molecule has 1 aliphatic heterocycles. The number of nitrogens with zero attached hydrogens (tertiary/aromatic N) is 3. The number of fused-ring (bicyclic) bond motifs is 3. The van der Waals surface area contributed by atoms with E-state index in [9.17, 15) is 0 Å². The molecule has 1 N–H and O–H groups in total. The topological polar surface area (TPSA) is 78.4 Å². The summed E-state index contributed by atoms with van der Waals surface area (Å²) < 4.78 is 16.7. The number of benzene rings is 2. The van der Waals surface area contributed by atoms with Crippen LogP contribution in [0.25, 0.3) is 10.9 Å². The smallest absolute Gasteiger partial charge is 0.132 e. The van der Waals surface area contributed by atoms with Crippen molar-refractivity contribution in [1.82, 2.24) is 15.0 Å². The van der Waals surface area contributed by atoms with Gasteiger partial charge >= 0.3 is 0 Å². The van der Waals surface area contributed by atoms with Crippen molar-refractivity contribution in [2.24, 2.45) is 0 Å². The Balaban J connectivity index is 1.27. The molecular formula is C28H28N4O3. The third-order valence-corrected chi connectivity index (χ3v) is 6.78. The normalized spacial score (nSPS) is 14.7. The summed E-state index contributed by atoms with van der Waals surface area (Å²) in [7, 11) is 3.32. The Morgan fingerprint density at radius 1 is 0.943 bits per heavy atom. The highest BCUT2D eigenvalue weighted by molar-refractivity contribution is 5.87. The third kappa shape index (κ3) is 4.39. The SMILES string of the molecule is COc1ccc(CNc2nc3cc(Cc4cnc(C5CC5)nc4)ccc3c3c2COC3)c(OC)c1. The van der Waals surface area contributed by atoms with Gasteiger partial charge in [0, 0.05) is 53.9 Å². The fourth-order valence-electron chi connectivity index (χ4n) is 4.67. The Labute approximate surface area is 204 Å². The summed E-state index contributed by atoms with van der Waals surface area (Å²) in [5, 5.41) is 4.67. The van der Waals surface area contributed by atoms with E-state index in [1.165, 1.54) is 24.0 Å². The number of rotatable bonds is 8. The average molecular weight is 469 g/mol. The maximum Gasteiger partial charge on any atom is 0.132 e. The molecular weight excluding hydrogens is 440 g/mol. The van der Waals surface area contributed by atoms with Crippen LogP contribution in [0, 0.1) is 0 Å². The summed E-state index contributed by atoms with van der Waals surface area (Å²) in [6.45, 7) is 1.75. The Morgan fingerprint density at radius 3 is 2.54 bits per heavy atom. The van der Waals surface area contributed by atoms with Crippen LogP contribution in [0.5, 0.6) is 11.5 Å². The first kappa shape index (κ1) is 21.8. The second-order valence-corrected chi connectivity index (χ2v) is 9.19. The predicted octanol–water partition coefficient (Wildman–Crippen LogP) is 5.15. The second-order valence-electron chi connectivity index (χ2n) is 9.19. The maximum atomic E-state index is 5.81. The number of aromatic nitrogens is 3. The minimum atomic E-state index is 0.562. The Kier molecular flexibility index (Phi) is 5.70. The highest BCUT2D eigenvalue weighted by Gasteiger charge is 2.26. The predicted molar refractivity (Wildman–Crippen MR) is 134 cm³/mol. The molecule has 178 valence electrons. The van der Waals surface area contributed by atoms with Crippen LogP contribution in [-0.4, -0.2) is 29.2 Å². The Morgan fingerprint density at radius 2 is 1.77 bits per heavy atom. The third-order valence-electron chi connectivity index (χ3n) is 6.78. The number of nitrogens with one attached hydrogen (secondary N) is 1. The molecule has 1 fully saturated rings. The number of ether oxygens (including phenoxy) is 3. The van der Waals surface area contributed by atoms with Gasteiger partial charge in [-0.1, -0.05) is 12.1 Å². The van der Waals surface area contributed by atoms with Crippen molar-refractivity contribution >= 4 is 16.7 Å². The van der Waals surface area contributed by atoms with Crippen LogP contribution in [0.4, 0.5) is 5.82 Å². The van der Waals surface area contributed by atoms with E-state index >= 15 is 0 Å². The fraction of sp³-hybridized carbons (Fsp3) is 0.321. The molecule has 1 saturated carbocycles. The molecule has 0 bridgehead atoms. The molecule has 2 aromatic carbocycles. The van der Waals surface area contributed by atoms with E-state index in [0.29, 0.717) is 25.7 Å². The summed E-state index contributed by atoms with van der Waals surface area (Å²) in [6.07, 6.45) is 7.13. The number of methoxy groups -OCH3 is 2. The molecule has 0 spiro atoms. The molecule has 2 aromatic heterocycles. The van der Waals surface area contributed by atoms with Crippen LogP contribution in [0.2, 0.25) is 0 Å². The summed E-state index contributed by atoms with van der Waals surface area (Å²) in [5.41, 5.74) is 6.64. The van der Waals surface area contributed by atoms with Gasteiger partial charge in [-0.2, -0.15) is 0 Å². The molecule has 0 amide bonds. The first-order valence-electron chi connectivity index (χ1n) is 12.0. The molecule has 0 unspecified atom stereocenters. The lowest BCUT2D eigenvalue weighted by Gasteiger charge is -2.15. The second kappa shape index (κ2) is 9.15. The van der Waals surface area contributed by atoms with Crippen LogP contribution < -0.4 is 14.8 Å². The number of pyridine rings is 1. The van der Waals surface area contributed by atoms with Crippen molar-refractivity contribution in [3.63, 3.8) is 0 Å². The molecule has 0 saturated heterocycles. The number of hydrogen-bond donors (Lipinski definition) is 1. The zero-order chi connectivity index (χ0) is 23.8. The van der Waals surface area contributed by atoms with E-state index in [4.69, 9.17) is 19.2 Å². The van der Waals surface area contributed by atoms with Crippen LogP contribution in [0.15, 0.2) is 48.8 Å². The number of anilines is 1. The highest BCUT2D eigenvalue weighted by atomic mass is 16.5. The maximum absolute atomic E-state index is 5.81.